The first-order valence-corrected chi connectivity index (χ1v) is 14.1. The van der Waals surface area contributed by atoms with Gasteiger partial charge in [-0.25, -0.2) is 9.59 Å². The van der Waals surface area contributed by atoms with Crippen LogP contribution in [0.5, 0.6) is 0 Å². The smallest absolute Gasteiger partial charge is 0.331 e. The number of esters is 1. The third-order valence-electron chi connectivity index (χ3n) is 11.3. The molecule has 2 amide bonds. The molecule has 7 atom stereocenters. The summed E-state index contributed by atoms with van der Waals surface area (Å²) < 4.78 is 5.29. The van der Waals surface area contributed by atoms with Crippen LogP contribution in [0.3, 0.4) is 0 Å². The van der Waals surface area contributed by atoms with Crippen LogP contribution in [0.1, 0.15) is 65.2 Å². The summed E-state index contributed by atoms with van der Waals surface area (Å²) in [7, 11) is 2.13. The first-order valence-electron chi connectivity index (χ1n) is 14.1. The van der Waals surface area contributed by atoms with Crippen molar-refractivity contribution in [3.05, 3.63) is 23.3 Å². The summed E-state index contributed by atoms with van der Waals surface area (Å²) >= 11 is 0. The number of carbonyl (C=O) groups is 2. The molecule has 1 saturated heterocycles. The molecule has 35 heavy (non-hydrogen) atoms. The highest BCUT2D eigenvalue weighted by atomic mass is 16.5. The van der Waals surface area contributed by atoms with Crippen molar-refractivity contribution in [3.8, 4) is 0 Å². The zero-order valence-electron chi connectivity index (χ0n) is 21.9. The normalized spacial score (nSPS) is 43.5. The molecule has 0 bridgehead atoms. The van der Waals surface area contributed by atoms with Crippen LogP contribution in [0.15, 0.2) is 23.3 Å². The summed E-state index contributed by atoms with van der Waals surface area (Å²) in [5.74, 6) is 2.44. The Labute approximate surface area is 210 Å². The van der Waals surface area contributed by atoms with Crippen molar-refractivity contribution in [3.63, 3.8) is 0 Å². The van der Waals surface area contributed by atoms with Crippen LogP contribution in [0.2, 0.25) is 0 Å². The number of nitrogens with zero attached hydrogens (tertiary/aromatic N) is 2. The molecular formula is C29H43N3O3. The molecule has 1 N–H and O–H groups in total. The van der Waals surface area contributed by atoms with Gasteiger partial charge in [-0.1, -0.05) is 25.5 Å². The Morgan fingerprint density at radius 2 is 1.89 bits per heavy atom. The number of rotatable bonds is 2. The van der Waals surface area contributed by atoms with Gasteiger partial charge in [0.2, 0.25) is 0 Å². The number of nitrogens with one attached hydrogen (secondary N) is 1. The van der Waals surface area contributed by atoms with E-state index in [9.17, 15) is 9.59 Å². The molecule has 0 aromatic rings. The van der Waals surface area contributed by atoms with Crippen LogP contribution < -0.4 is 5.32 Å². The Kier molecular flexibility index (Phi) is 5.82. The summed E-state index contributed by atoms with van der Waals surface area (Å²) in [6, 6.07) is 0.479. The number of piperazine rings is 1. The van der Waals surface area contributed by atoms with Crippen LogP contribution in [0.4, 0.5) is 4.79 Å². The van der Waals surface area contributed by atoms with E-state index >= 15 is 0 Å². The Bertz CT molecular complexity index is 951. The van der Waals surface area contributed by atoms with E-state index < -0.39 is 0 Å². The van der Waals surface area contributed by atoms with E-state index in [0.29, 0.717) is 35.8 Å². The Morgan fingerprint density at radius 3 is 2.63 bits per heavy atom. The molecule has 3 saturated carbocycles. The van der Waals surface area contributed by atoms with Gasteiger partial charge in [0, 0.05) is 38.3 Å². The molecule has 4 aliphatic carbocycles. The minimum Gasteiger partial charge on any atom is -0.458 e. The van der Waals surface area contributed by atoms with E-state index in [4.69, 9.17) is 4.74 Å². The summed E-state index contributed by atoms with van der Waals surface area (Å²) in [5.41, 5.74) is 3.49. The zero-order chi connectivity index (χ0) is 24.4. The van der Waals surface area contributed by atoms with Gasteiger partial charge in [-0.15, -0.1) is 0 Å². The van der Waals surface area contributed by atoms with Gasteiger partial charge in [-0.2, -0.15) is 0 Å². The minimum atomic E-state index is -0.157. The Balaban J connectivity index is 1.12. The summed E-state index contributed by atoms with van der Waals surface area (Å²) in [5, 5.41) is 3.42. The van der Waals surface area contributed by atoms with Crippen molar-refractivity contribution in [2.45, 2.75) is 71.3 Å². The number of fused-ring (bicyclic) bond motifs is 5. The molecule has 0 aromatic heterocycles. The largest absolute Gasteiger partial charge is 0.458 e. The van der Waals surface area contributed by atoms with Crippen molar-refractivity contribution >= 4 is 12.0 Å². The topological polar surface area (TPSA) is 61.9 Å². The number of amides is 2. The number of cyclic esters (lactones) is 1. The van der Waals surface area contributed by atoms with Crippen molar-refractivity contribution in [1.82, 2.24) is 15.1 Å². The van der Waals surface area contributed by atoms with E-state index in [1.807, 2.05) is 4.90 Å². The van der Waals surface area contributed by atoms with E-state index in [-0.39, 0.29) is 17.4 Å². The lowest BCUT2D eigenvalue weighted by atomic mass is 9.45. The predicted molar refractivity (Wildman–Crippen MR) is 136 cm³/mol. The standard InChI is InChI=1S/C29H43N3O3/c1-28-10-8-21(30-27(34)32-14-12-31(3)13-15-32)17-20(28)4-5-22-24-7-6-23(19-16-26(33)35-18-19)29(24,2)11-9-25(22)28/h7,16,20-23,25H,4-6,8-15,17-18H2,1-3H3,(H,30,34)/t20-,21+,22+,23-,25+,28+,29-/m1/s1. The number of ether oxygens (including phenoxy) is 1. The zero-order valence-corrected chi connectivity index (χ0v) is 21.9. The van der Waals surface area contributed by atoms with Crippen molar-refractivity contribution < 1.29 is 14.3 Å². The van der Waals surface area contributed by atoms with E-state index in [2.05, 4.69) is 37.2 Å². The number of carbonyl (C=O) groups excluding carboxylic acids is 2. The van der Waals surface area contributed by atoms with Crippen molar-refractivity contribution in [1.29, 1.82) is 0 Å². The maximum Gasteiger partial charge on any atom is 0.331 e. The molecule has 6 rings (SSSR count). The second-order valence-corrected chi connectivity index (χ2v) is 12.9. The molecule has 6 nitrogen and oxygen atoms in total. The molecule has 6 heteroatoms. The minimum absolute atomic E-state index is 0.152. The number of likely N-dealkylation sites (N-methyl/N-ethyl adjacent to an activating group) is 1. The lowest BCUT2D eigenvalue weighted by Crippen LogP contribution is -2.56. The number of allylic oxidation sites excluding steroid dienone is 2. The fourth-order valence-corrected chi connectivity index (χ4v) is 9.15. The Morgan fingerprint density at radius 1 is 1.09 bits per heavy atom. The van der Waals surface area contributed by atoms with Crippen LogP contribution in [-0.2, 0) is 9.53 Å². The van der Waals surface area contributed by atoms with Crippen molar-refractivity contribution in [2.24, 2.45) is 34.5 Å². The monoisotopic (exact) mass is 481 g/mol. The van der Waals surface area contributed by atoms with Gasteiger partial charge in [0.05, 0.1) is 0 Å². The highest BCUT2D eigenvalue weighted by molar-refractivity contribution is 5.85. The molecular weight excluding hydrogens is 438 g/mol. The van der Waals surface area contributed by atoms with Crippen LogP contribution in [0.25, 0.3) is 0 Å². The van der Waals surface area contributed by atoms with Crippen LogP contribution in [-0.4, -0.2) is 67.7 Å². The molecule has 0 aromatic carbocycles. The average Bonchev–Trinajstić information content (AvgIpc) is 3.42. The maximum absolute atomic E-state index is 12.9. The Hall–Kier alpha value is -1.82. The van der Waals surface area contributed by atoms with Crippen LogP contribution in [0, 0.1) is 34.5 Å². The van der Waals surface area contributed by atoms with Gasteiger partial charge in [-0.3, -0.25) is 0 Å². The fraction of sp³-hybridized carbons (Fsp3) is 0.793. The van der Waals surface area contributed by atoms with Gasteiger partial charge < -0.3 is 19.9 Å². The molecule has 6 aliphatic rings. The van der Waals surface area contributed by atoms with Gasteiger partial charge in [-0.05, 0) is 98.5 Å². The van der Waals surface area contributed by atoms with Gasteiger partial charge in [0.25, 0.3) is 0 Å². The highest BCUT2D eigenvalue weighted by Gasteiger charge is 2.58. The molecule has 0 radical (unpaired) electrons. The SMILES string of the molecule is CN1CCN(C(=O)N[C@H]2CC[C@@]3(C)[C@H](CC[C@H]4C5=CC[C@H](C6=CC(=O)OC6)[C@@]5(C)CC[C@@H]43)C2)CC1. The van der Waals surface area contributed by atoms with Gasteiger partial charge in [0.1, 0.15) is 6.61 Å². The predicted octanol–water partition coefficient (Wildman–Crippen LogP) is 4.37. The summed E-state index contributed by atoms with van der Waals surface area (Å²) in [4.78, 5) is 29.0. The third kappa shape index (κ3) is 3.86. The number of urea groups is 1. The lowest BCUT2D eigenvalue weighted by Gasteiger charge is -2.60. The maximum atomic E-state index is 12.9. The first kappa shape index (κ1) is 23.6. The molecule has 0 spiro atoms. The fourth-order valence-electron chi connectivity index (χ4n) is 9.15. The van der Waals surface area contributed by atoms with E-state index in [1.54, 1.807) is 11.6 Å². The molecule has 2 heterocycles. The molecule has 192 valence electrons. The van der Waals surface area contributed by atoms with Crippen molar-refractivity contribution in [2.75, 3.05) is 39.8 Å². The van der Waals surface area contributed by atoms with E-state index in [0.717, 1.165) is 51.4 Å². The van der Waals surface area contributed by atoms with Crippen LogP contribution >= 0.6 is 0 Å². The first-order chi connectivity index (χ1) is 16.8. The second-order valence-electron chi connectivity index (χ2n) is 12.9. The van der Waals surface area contributed by atoms with Gasteiger partial charge in [0.15, 0.2) is 0 Å². The third-order valence-corrected chi connectivity index (χ3v) is 11.3. The van der Waals surface area contributed by atoms with E-state index in [1.165, 1.54) is 37.7 Å². The second kappa shape index (κ2) is 8.64. The molecule has 2 aliphatic heterocycles. The summed E-state index contributed by atoms with van der Waals surface area (Å²) in [6.45, 7) is 9.16. The van der Waals surface area contributed by atoms with Gasteiger partial charge >= 0.3 is 12.0 Å². The average molecular weight is 482 g/mol. The molecule has 0 unspecified atom stereocenters. The molecule has 4 fully saturated rings. The highest BCUT2D eigenvalue weighted by Crippen LogP contribution is 2.66. The number of hydrogen-bond donors (Lipinski definition) is 1. The summed E-state index contributed by atoms with van der Waals surface area (Å²) in [6.07, 6.45) is 14.0. The number of hydrogen-bond acceptors (Lipinski definition) is 4. The quantitative estimate of drug-likeness (QED) is 0.470. The lowest BCUT2D eigenvalue weighted by molar-refractivity contribution is -0.135.